The van der Waals surface area contributed by atoms with Crippen LogP contribution >= 0.6 is 0 Å². The van der Waals surface area contributed by atoms with E-state index in [0.717, 1.165) is 0 Å². The van der Waals surface area contributed by atoms with E-state index in [0.29, 0.717) is 18.2 Å². The predicted octanol–water partition coefficient (Wildman–Crippen LogP) is -2.31. The van der Waals surface area contributed by atoms with Crippen molar-refractivity contribution >= 4 is 17.5 Å². The summed E-state index contributed by atoms with van der Waals surface area (Å²) in [6, 6.07) is 0. The maximum absolute atomic E-state index is 9.98. The van der Waals surface area contributed by atoms with Crippen LogP contribution < -0.4 is 16.0 Å². The number of hydrogen-bond donors (Lipinski definition) is 5. The third-order valence-electron chi connectivity index (χ3n) is 3.32. The molecule has 19 heavy (non-hydrogen) atoms. The van der Waals surface area contributed by atoms with Gasteiger partial charge in [0, 0.05) is 0 Å². The quantitative estimate of drug-likeness (QED) is 0.401. The Morgan fingerprint density at radius 1 is 1.47 bits per heavy atom. The zero-order chi connectivity index (χ0) is 13.6. The first-order chi connectivity index (χ1) is 9.11. The molecule has 0 radical (unpaired) electrons. The number of nitrogen functional groups attached to an aromatic ring is 1. The van der Waals surface area contributed by atoms with E-state index < -0.39 is 24.5 Å². The standard InChI is InChI=1S/C10H15N5O4/c11-10-12-1-4-8(14-10)15(3-13-4)9-7(18)6(17)5(2-16)19-9/h1,5-7,9,13,16-18H,2-3H2,(H2,11,12,14). The van der Waals surface area contributed by atoms with Crippen molar-refractivity contribution in [1.29, 1.82) is 0 Å². The smallest absolute Gasteiger partial charge is 0.222 e. The Morgan fingerprint density at radius 2 is 2.26 bits per heavy atom. The van der Waals surface area contributed by atoms with Gasteiger partial charge in [0.1, 0.15) is 18.3 Å². The third-order valence-corrected chi connectivity index (χ3v) is 3.32. The first-order valence-electron chi connectivity index (χ1n) is 5.87. The van der Waals surface area contributed by atoms with Crippen molar-refractivity contribution in [2.45, 2.75) is 24.5 Å². The van der Waals surface area contributed by atoms with Gasteiger partial charge in [-0.25, -0.2) is 4.98 Å². The van der Waals surface area contributed by atoms with E-state index >= 15 is 0 Å². The lowest BCUT2D eigenvalue weighted by Crippen LogP contribution is -2.44. The molecule has 104 valence electrons. The Hall–Kier alpha value is -1.68. The van der Waals surface area contributed by atoms with Gasteiger partial charge < -0.3 is 36.0 Å². The molecule has 1 aromatic rings. The summed E-state index contributed by atoms with van der Waals surface area (Å²) >= 11 is 0. The van der Waals surface area contributed by atoms with Gasteiger partial charge in [-0.05, 0) is 0 Å². The molecule has 1 saturated heterocycles. The number of ether oxygens (including phenoxy) is 1. The Labute approximate surface area is 108 Å². The number of nitrogens with zero attached hydrogens (tertiary/aromatic N) is 3. The number of fused-ring (bicyclic) bond motifs is 1. The molecule has 0 aliphatic carbocycles. The molecule has 0 bridgehead atoms. The van der Waals surface area contributed by atoms with Crippen LogP contribution in [-0.4, -0.2) is 63.1 Å². The van der Waals surface area contributed by atoms with E-state index in [-0.39, 0.29) is 12.6 Å². The van der Waals surface area contributed by atoms with Gasteiger partial charge in [-0.3, -0.25) is 0 Å². The molecule has 9 heteroatoms. The minimum atomic E-state index is -1.14. The Morgan fingerprint density at radius 3 is 2.95 bits per heavy atom. The van der Waals surface area contributed by atoms with E-state index in [4.69, 9.17) is 15.6 Å². The monoisotopic (exact) mass is 269 g/mol. The minimum Gasteiger partial charge on any atom is -0.394 e. The average Bonchev–Trinajstić information content (AvgIpc) is 2.92. The summed E-state index contributed by atoms with van der Waals surface area (Å²) in [5.41, 5.74) is 6.21. The van der Waals surface area contributed by atoms with E-state index in [1.165, 1.54) is 0 Å². The zero-order valence-corrected chi connectivity index (χ0v) is 9.97. The highest BCUT2D eigenvalue weighted by Gasteiger charge is 2.47. The minimum absolute atomic E-state index is 0.110. The number of aromatic nitrogens is 2. The summed E-state index contributed by atoms with van der Waals surface area (Å²) in [5, 5.41) is 31.8. The summed E-state index contributed by atoms with van der Waals surface area (Å²) in [6.07, 6.45) is -2.35. The molecular weight excluding hydrogens is 254 g/mol. The van der Waals surface area contributed by atoms with Crippen LogP contribution in [0.4, 0.5) is 17.5 Å². The fourth-order valence-corrected chi connectivity index (χ4v) is 2.32. The normalized spacial score (nSPS) is 33.3. The number of nitrogens with one attached hydrogen (secondary N) is 1. The highest BCUT2D eigenvalue weighted by molar-refractivity contribution is 5.71. The lowest BCUT2D eigenvalue weighted by molar-refractivity contribution is -0.0219. The molecule has 3 rings (SSSR count). The van der Waals surface area contributed by atoms with Gasteiger partial charge in [0.05, 0.1) is 25.2 Å². The second-order valence-corrected chi connectivity index (χ2v) is 4.50. The zero-order valence-electron chi connectivity index (χ0n) is 9.97. The molecule has 0 saturated carbocycles. The van der Waals surface area contributed by atoms with E-state index in [2.05, 4.69) is 15.3 Å². The van der Waals surface area contributed by atoms with Crippen LogP contribution in [0.25, 0.3) is 0 Å². The Bertz CT molecular complexity index is 487. The first-order valence-corrected chi connectivity index (χ1v) is 5.87. The van der Waals surface area contributed by atoms with Gasteiger partial charge in [-0.15, -0.1) is 0 Å². The highest BCUT2D eigenvalue weighted by atomic mass is 16.6. The predicted molar refractivity (Wildman–Crippen MR) is 65.2 cm³/mol. The molecule has 1 aromatic heterocycles. The van der Waals surface area contributed by atoms with Crippen LogP contribution in [0.3, 0.4) is 0 Å². The first kappa shape index (κ1) is 12.4. The maximum Gasteiger partial charge on any atom is 0.222 e. The number of aliphatic hydroxyl groups excluding tert-OH is 3. The van der Waals surface area contributed by atoms with Crippen LogP contribution in [0.2, 0.25) is 0 Å². The molecular formula is C10H15N5O4. The summed E-state index contributed by atoms with van der Waals surface area (Å²) in [4.78, 5) is 9.58. The molecule has 3 heterocycles. The highest BCUT2D eigenvalue weighted by Crippen LogP contribution is 2.34. The number of hydrogen-bond acceptors (Lipinski definition) is 9. The summed E-state index contributed by atoms with van der Waals surface area (Å²) < 4.78 is 5.45. The third kappa shape index (κ3) is 1.87. The summed E-state index contributed by atoms with van der Waals surface area (Å²) in [5.74, 6) is 0.613. The SMILES string of the molecule is Nc1ncc2c(n1)N(C1OC(CO)C(O)C1O)CN2. The molecule has 4 atom stereocenters. The maximum atomic E-state index is 9.98. The van der Waals surface area contributed by atoms with Gasteiger partial charge in [0.25, 0.3) is 0 Å². The molecule has 4 unspecified atom stereocenters. The van der Waals surface area contributed by atoms with Crippen LogP contribution in [0.15, 0.2) is 6.20 Å². The molecule has 6 N–H and O–H groups in total. The van der Waals surface area contributed by atoms with Crippen LogP contribution in [0.5, 0.6) is 0 Å². The van der Waals surface area contributed by atoms with Crippen molar-refractivity contribution in [1.82, 2.24) is 9.97 Å². The van der Waals surface area contributed by atoms with Crippen LogP contribution in [0.1, 0.15) is 0 Å². The Balaban J connectivity index is 1.88. The number of rotatable bonds is 2. The topological polar surface area (TPSA) is 137 Å². The van der Waals surface area contributed by atoms with Gasteiger partial charge in [-0.1, -0.05) is 0 Å². The number of aliphatic hydroxyl groups is 3. The van der Waals surface area contributed by atoms with E-state index in [1.807, 2.05) is 0 Å². The molecule has 0 aromatic carbocycles. The van der Waals surface area contributed by atoms with Crippen molar-refractivity contribution in [3.63, 3.8) is 0 Å². The average molecular weight is 269 g/mol. The molecule has 1 fully saturated rings. The second-order valence-electron chi connectivity index (χ2n) is 4.50. The largest absolute Gasteiger partial charge is 0.394 e. The van der Waals surface area contributed by atoms with Crippen LogP contribution in [0, 0.1) is 0 Å². The van der Waals surface area contributed by atoms with Crippen LogP contribution in [-0.2, 0) is 4.74 Å². The molecule has 9 nitrogen and oxygen atoms in total. The molecule has 0 amide bonds. The van der Waals surface area contributed by atoms with Gasteiger partial charge >= 0.3 is 0 Å². The fraction of sp³-hybridized carbons (Fsp3) is 0.600. The van der Waals surface area contributed by atoms with Crippen molar-refractivity contribution in [2.24, 2.45) is 0 Å². The summed E-state index contributed by atoms with van der Waals surface area (Å²) in [7, 11) is 0. The lowest BCUT2D eigenvalue weighted by atomic mass is 10.1. The van der Waals surface area contributed by atoms with Crippen molar-refractivity contribution in [2.75, 3.05) is 29.2 Å². The number of nitrogens with two attached hydrogens (primary N) is 1. The number of anilines is 3. The van der Waals surface area contributed by atoms with Gasteiger partial charge in [-0.2, -0.15) is 4.98 Å². The van der Waals surface area contributed by atoms with E-state index in [1.54, 1.807) is 11.1 Å². The fourth-order valence-electron chi connectivity index (χ4n) is 2.32. The second kappa shape index (κ2) is 4.46. The molecule has 2 aliphatic rings. The van der Waals surface area contributed by atoms with Crippen molar-refractivity contribution in [3.8, 4) is 0 Å². The summed E-state index contributed by atoms with van der Waals surface area (Å²) in [6.45, 7) is -0.0190. The van der Waals surface area contributed by atoms with Gasteiger partial charge in [0.15, 0.2) is 12.0 Å². The Kier molecular flexibility index (Phi) is 2.90. The van der Waals surface area contributed by atoms with E-state index in [9.17, 15) is 10.2 Å². The molecule has 2 aliphatic heterocycles. The lowest BCUT2D eigenvalue weighted by Gasteiger charge is -2.26. The van der Waals surface area contributed by atoms with Crippen molar-refractivity contribution < 1.29 is 20.1 Å². The molecule has 0 spiro atoms. The van der Waals surface area contributed by atoms with Gasteiger partial charge in [0.2, 0.25) is 5.95 Å². The van der Waals surface area contributed by atoms with Crippen molar-refractivity contribution in [3.05, 3.63) is 6.20 Å².